The van der Waals surface area contributed by atoms with Gasteiger partial charge >= 0.3 is 0 Å². The van der Waals surface area contributed by atoms with Gasteiger partial charge in [0.25, 0.3) is 0 Å². The Hall–Kier alpha value is -0.280. The topological polar surface area (TPSA) is 147 Å². The second-order valence-corrected chi connectivity index (χ2v) is 3.02. The molecule has 0 saturated heterocycles. The van der Waals surface area contributed by atoms with E-state index in [9.17, 15) is 5.11 Å². The summed E-state index contributed by atoms with van der Waals surface area (Å²) in [5, 5.41) is 53.9. The molecule has 86 valence electrons. The highest BCUT2D eigenvalue weighted by atomic mass is 16.4. The summed E-state index contributed by atoms with van der Waals surface area (Å²) in [6.07, 6.45) is -8.15. The molecule has 14 heavy (non-hydrogen) atoms. The minimum atomic E-state index is -1.77. The van der Waals surface area contributed by atoms with Crippen LogP contribution in [0.4, 0.5) is 0 Å². The van der Waals surface area contributed by atoms with Gasteiger partial charge in [0.2, 0.25) is 0 Å². The molecule has 5 unspecified atom stereocenters. The van der Waals surface area contributed by atoms with E-state index < -0.39 is 37.1 Å². The van der Waals surface area contributed by atoms with Crippen LogP contribution >= 0.6 is 0 Å². The van der Waals surface area contributed by atoms with Gasteiger partial charge in [0, 0.05) is 6.54 Å². The summed E-state index contributed by atoms with van der Waals surface area (Å²) in [5.74, 6) is 0. The molecule has 0 aliphatic rings. The molecular formula is C7H17NO6. The lowest BCUT2D eigenvalue weighted by molar-refractivity contribution is -0.138. The van der Waals surface area contributed by atoms with Gasteiger partial charge in [-0.2, -0.15) is 0 Å². The van der Waals surface area contributed by atoms with Crippen molar-refractivity contribution in [2.45, 2.75) is 30.5 Å². The highest BCUT2D eigenvalue weighted by molar-refractivity contribution is 4.84. The van der Waals surface area contributed by atoms with Crippen molar-refractivity contribution < 1.29 is 30.6 Å². The standard InChI is InChI=1S/C7H17NO6/c8-1-3(10)5(12)7(14)6(13)4(11)2-9/h3-7,9-14H,1-2,8H2. The van der Waals surface area contributed by atoms with E-state index in [1.165, 1.54) is 0 Å². The molecule has 7 heteroatoms. The van der Waals surface area contributed by atoms with Crippen molar-refractivity contribution >= 4 is 0 Å². The van der Waals surface area contributed by atoms with Crippen LogP contribution in [-0.2, 0) is 0 Å². The maximum atomic E-state index is 9.20. The van der Waals surface area contributed by atoms with Crippen molar-refractivity contribution in [2.24, 2.45) is 5.73 Å². The summed E-state index contributed by atoms with van der Waals surface area (Å²) < 4.78 is 0. The lowest BCUT2D eigenvalue weighted by atomic mass is 9.99. The number of aliphatic hydroxyl groups excluding tert-OH is 6. The third kappa shape index (κ3) is 3.46. The van der Waals surface area contributed by atoms with E-state index in [2.05, 4.69) is 0 Å². The number of hydrogen-bond acceptors (Lipinski definition) is 7. The van der Waals surface area contributed by atoms with E-state index >= 15 is 0 Å². The maximum absolute atomic E-state index is 9.20. The highest BCUT2D eigenvalue weighted by Gasteiger charge is 2.33. The number of hydrogen-bond donors (Lipinski definition) is 7. The second-order valence-electron chi connectivity index (χ2n) is 3.02. The SMILES string of the molecule is NCC(O)C(O)C(O)C(O)C(O)CO. The van der Waals surface area contributed by atoms with E-state index in [1.54, 1.807) is 0 Å². The van der Waals surface area contributed by atoms with Gasteiger partial charge in [0.15, 0.2) is 0 Å². The monoisotopic (exact) mass is 211 g/mol. The van der Waals surface area contributed by atoms with Gasteiger partial charge in [0.1, 0.15) is 24.4 Å². The first kappa shape index (κ1) is 13.7. The number of rotatable bonds is 6. The molecule has 0 spiro atoms. The molecule has 0 aromatic heterocycles. The number of aliphatic hydroxyl groups is 6. The summed E-state index contributed by atoms with van der Waals surface area (Å²) in [5.41, 5.74) is 5.00. The molecule has 0 aliphatic carbocycles. The lowest BCUT2D eigenvalue weighted by Gasteiger charge is -2.27. The fraction of sp³-hybridized carbons (Fsp3) is 1.00. The maximum Gasteiger partial charge on any atom is 0.111 e. The van der Waals surface area contributed by atoms with E-state index in [0.29, 0.717) is 0 Å². The van der Waals surface area contributed by atoms with Gasteiger partial charge in [-0.15, -0.1) is 0 Å². The molecule has 0 amide bonds. The Kier molecular flexibility index (Phi) is 6.12. The summed E-state index contributed by atoms with van der Waals surface area (Å²) in [7, 11) is 0. The second kappa shape index (κ2) is 6.25. The van der Waals surface area contributed by atoms with Crippen molar-refractivity contribution in [3.8, 4) is 0 Å². The summed E-state index contributed by atoms with van der Waals surface area (Å²) in [6.45, 7) is -1.05. The number of nitrogens with two attached hydrogens (primary N) is 1. The molecule has 0 heterocycles. The molecule has 0 aliphatic heterocycles. The van der Waals surface area contributed by atoms with Gasteiger partial charge in [-0.25, -0.2) is 0 Å². The van der Waals surface area contributed by atoms with Crippen molar-refractivity contribution in [3.05, 3.63) is 0 Å². The van der Waals surface area contributed by atoms with Crippen molar-refractivity contribution in [1.82, 2.24) is 0 Å². The normalized spacial score (nSPS) is 22.5. The molecule has 5 atom stereocenters. The molecule has 0 saturated carbocycles. The Morgan fingerprint density at radius 2 is 1.21 bits per heavy atom. The first-order valence-corrected chi connectivity index (χ1v) is 4.17. The van der Waals surface area contributed by atoms with Crippen LogP contribution in [0.2, 0.25) is 0 Å². The third-order valence-corrected chi connectivity index (χ3v) is 1.92. The zero-order chi connectivity index (χ0) is 11.3. The van der Waals surface area contributed by atoms with Crippen molar-refractivity contribution in [3.63, 3.8) is 0 Å². The lowest BCUT2D eigenvalue weighted by Crippen LogP contribution is -2.51. The molecular weight excluding hydrogens is 194 g/mol. The quantitative estimate of drug-likeness (QED) is 0.235. The Morgan fingerprint density at radius 1 is 0.786 bits per heavy atom. The fourth-order valence-electron chi connectivity index (χ4n) is 0.905. The van der Waals surface area contributed by atoms with Gasteiger partial charge in [0.05, 0.1) is 12.7 Å². The zero-order valence-electron chi connectivity index (χ0n) is 7.56. The summed E-state index contributed by atoms with van der Waals surface area (Å²) in [6, 6.07) is 0. The molecule has 0 aromatic carbocycles. The summed E-state index contributed by atoms with van der Waals surface area (Å²) in [4.78, 5) is 0. The average Bonchev–Trinajstić information content (AvgIpc) is 2.23. The predicted octanol–water partition coefficient (Wildman–Crippen LogP) is -4.26. The van der Waals surface area contributed by atoms with Gasteiger partial charge in [-0.3, -0.25) is 0 Å². The molecule has 0 radical (unpaired) electrons. The highest BCUT2D eigenvalue weighted by Crippen LogP contribution is 2.07. The first-order valence-electron chi connectivity index (χ1n) is 4.17. The van der Waals surface area contributed by atoms with Crippen LogP contribution in [0.15, 0.2) is 0 Å². The minimum Gasteiger partial charge on any atom is -0.394 e. The van der Waals surface area contributed by atoms with Crippen molar-refractivity contribution in [2.75, 3.05) is 13.2 Å². The zero-order valence-corrected chi connectivity index (χ0v) is 7.56. The molecule has 0 rings (SSSR count). The van der Waals surface area contributed by atoms with E-state index in [0.717, 1.165) is 0 Å². The first-order chi connectivity index (χ1) is 6.45. The van der Waals surface area contributed by atoms with Crippen LogP contribution in [0.25, 0.3) is 0 Å². The summed E-state index contributed by atoms with van der Waals surface area (Å²) >= 11 is 0. The van der Waals surface area contributed by atoms with Crippen LogP contribution in [0.3, 0.4) is 0 Å². The van der Waals surface area contributed by atoms with E-state index in [1.807, 2.05) is 0 Å². The van der Waals surface area contributed by atoms with Gasteiger partial charge in [-0.1, -0.05) is 0 Å². The van der Waals surface area contributed by atoms with Crippen LogP contribution in [0.1, 0.15) is 0 Å². The third-order valence-electron chi connectivity index (χ3n) is 1.92. The molecule has 0 fully saturated rings. The smallest absolute Gasteiger partial charge is 0.111 e. The van der Waals surface area contributed by atoms with Gasteiger partial charge in [-0.05, 0) is 0 Å². The van der Waals surface area contributed by atoms with Crippen LogP contribution in [-0.4, -0.2) is 74.3 Å². The molecule has 7 nitrogen and oxygen atoms in total. The van der Waals surface area contributed by atoms with E-state index in [-0.39, 0.29) is 6.54 Å². The Labute approximate surface area is 81.0 Å². The van der Waals surface area contributed by atoms with Crippen LogP contribution < -0.4 is 5.73 Å². The minimum absolute atomic E-state index is 0.292. The predicted molar refractivity (Wildman–Crippen MR) is 46.2 cm³/mol. The van der Waals surface area contributed by atoms with E-state index in [4.69, 9.17) is 31.3 Å². The fourth-order valence-corrected chi connectivity index (χ4v) is 0.905. The Bertz CT molecular complexity index is 141. The molecule has 0 aromatic rings. The largest absolute Gasteiger partial charge is 0.394 e. The van der Waals surface area contributed by atoms with Crippen LogP contribution in [0.5, 0.6) is 0 Å². The van der Waals surface area contributed by atoms with Crippen molar-refractivity contribution in [1.29, 1.82) is 0 Å². The Morgan fingerprint density at radius 3 is 1.57 bits per heavy atom. The molecule has 8 N–H and O–H groups in total. The van der Waals surface area contributed by atoms with Crippen LogP contribution in [0, 0.1) is 0 Å². The average molecular weight is 211 g/mol. The molecule has 0 bridgehead atoms. The van der Waals surface area contributed by atoms with Gasteiger partial charge < -0.3 is 36.4 Å². The Balaban J connectivity index is 4.22.